The Hall–Kier alpha value is -1.79. The van der Waals surface area contributed by atoms with Gasteiger partial charge in [0, 0.05) is 18.6 Å². The zero-order valence-corrected chi connectivity index (χ0v) is 14.5. The summed E-state index contributed by atoms with van der Waals surface area (Å²) in [6.45, 7) is 1.00. The summed E-state index contributed by atoms with van der Waals surface area (Å²) in [6, 6.07) is 10.8. The number of carbonyl (C=O) groups is 1. The van der Waals surface area contributed by atoms with Crippen molar-refractivity contribution in [2.75, 3.05) is 6.54 Å². The first-order valence-corrected chi connectivity index (χ1v) is 9.55. The Kier molecular flexibility index (Phi) is 5.08. The number of urea groups is 1. The van der Waals surface area contributed by atoms with Crippen molar-refractivity contribution in [3.05, 3.63) is 30.3 Å². The lowest BCUT2D eigenvalue weighted by Crippen LogP contribution is -2.51. The van der Waals surface area contributed by atoms with Gasteiger partial charge in [0.25, 0.3) is 0 Å². The highest BCUT2D eigenvalue weighted by molar-refractivity contribution is 5.74. The van der Waals surface area contributed by atoms with Gasteiger partial charge in [0.15, 0.2) is 0 Å². The zero-order valence-electron chi connectivity index (χ0n) is 14.5. The number of amides is 2. The van der Waals surface area contributed by atoms with Crippen LogP contribution >= 0.6 is 0 Å². The number of hydrogen-bond acceptors (Lipinski definition) is 4. The average molecular weight is 344 g/mol. The van der Waals surface area contributed by atoms with Crippen LogP contribution in [0.2, 0.25) is 0 Å². The molecule has 4 rings (SSSR count). The van der Waals surface area contributed by atoms with Crippen molar-refractivity contribution < 1.29 is 9.53 Å². The molecule has 0 aromatic heterocycles. The lowest BCUT2D eigenvalue weighted by atomic mass is 9.83. The Morgan fingerprint density at radius 1 is 1.08 bits per heavy atom. The first-order chi connectivity index (χ1) is 12.3. The summed E-state index contributed by atoms with van der Waals surface area (Å²) < 4.78 is 6.08. The number of nitrogens with one attached hydrogen (secondary N) is 4. The minimum atomic E-state index is -0.0454. The van der Waals surface area contributed by atoms with Gasteiger partial charge in [0.05, 0.1) is 6.04 Å². The van der Waals surface area contributed by atoms with E-state index < -0.39 is 0 Å². The molecule has 3 aliphatic rings. The summed E-state index contributed by atoms with van der Waals surface area (Å²) in [6.07, 6.45) is 6.33. The molecule has 4 N–H and O–H groups in total. The molecule has 6 nitrogen and oxygen atoms in total. The number of ether oxygens (including phenoxy) is 1. The monoisotopic (exact) mass is 344 g/mol. The highest BCUT2D eigenvalue weighted by Gasteiger charge is 2.35. The minimum Gasteiger partial charge on any atom is -0.488 e. The fraction of sp³-hybridized carbons (Fsp3) is 0.632. The van der Waals surface area contributed by atoms with E-state index in [9.17, 15) is 4.79 Å². The third-order valence-corrected chi connectivity index (χ3v) is 5.77. The predicted octanol–water partition coefficient (Wildman–Crippen LogP) is 1.93. The average Bonchev–Trinajstić information content (AvgIpc) is 3.25. The lowest BCUT2D eigenvalue weighted by Gasteiger charge is -2.32. The van der Waals surface area contributed by atoms with Crippen molar-refractivity contribution in [3.8, 4) is 5.75 Å². The van der Waals surface area contributed by atoms with Gasteiger partial charge in [-0.05, 0) is 56.6 Å². The van der Waals surface area contributed by atoms with Crippen LogP contribution in [0.5, 0.6) is 5.75 Å². The molecule has 5 unspecified atom stereocenters. The van der Waals surface area contributed by atoms with Crippen molar-refractivity contribution in [2.45, 2.75) is 62.8 Å². The smallest absolute Gasteiger partial charge is 0.315 e. The highest BCUT2D eigenvalue weighted by atomic mass is 16.5. The molecule has 6 heteroatoms. The summed E-state index contributed by atoms with van der Waals surface area (Å²) in [7, 11) is 0. The quantitative estimate of drug-likeness (QED) is 0.673. The maximum atomic E-state index is 12.4. The van der Waals surface area contributed by atoms with E-state index in [1.165, 1.54) is 0 Å². The van der Waals surface area contributed by atoms with E-state index in [1.54, 1.807) is 0 Å². The van der Waals surface area contributed by atoms with Gasteiger partial charge in [-0.25, -0.2) is 4.79 Å². The SMILES string of the molecule is O=C(NC1CCC2NNCC2C1)NC1CCCC1Oc1ccccc1. The molecule has 1 heterocycles. The van der Waals surface area contributed by atoms with Crippen molar-refractivity contribution in [3.63, 3.8) is 0 Å². The van der Waals surface area contributed by atoms with Crippen LogP contribution in [0.4, 0.5) is 4.79 Å². The van der Waals surface area contributed by atoms with Crippen molar-refractivity contribution in [1.29, 1.82) is 0 Å². The fourth-order valence-corrected chi connectivity index (χ4v) is 4.43. The standard InChI is InChI=1S/C19H28N4O2/c24-19(21-14-9-10-16-13(11-14)12-20-23-16)22-17-7-4-8-18(17)25-15-5-2-1-3-6-15/h1-3,5-6,13-14,16-18,20,23H,4,7-12H2,(H2,21,22,24). The molecule has 25 heavy (non-hydrogen) atoms. The van der Waals surface area contributed by atoms with Crippen LogP contribution in [-0.4, -0.2) is 36.8 Å². The van der Waals surface area contributed by atoms with E-state index >= 15 is 0 Å². The second-order valence-corrected chi connectivity index (χ2v) is 7.53. The third-order valence-electron chi connectivity index (χ3n) is 5.77. The van der Waals surface area contributed by atoms with E-state index in [-0.39, 0.29) is 24.2 Å². The second-order valence-electron chi connectivity index (χ2n) is 7.53. The minimum absolute atomic E-state index is 0.0454. The molecule has 0 spiro atoms. The van der Waals surface area contributed by atoms with Crippen LogP contribution in [0.25, 0.3) is 0 Å². The molecule has 1 aliphatic heterocycles. The van der Waals surface area contributed by atoms with Gasteiger partial charge < -0.3 is 15.4 Å². The molecule has 3 fully saturated rings. The van der Waals surface area contributed by atoms with Gasteiger partial charge >= 0.3 is 6.03 Å². The lowest BCUT2D eigenvalue weighted by molar-refractivity contribution is 0.169. The van der Waals surface area contributed by atoms with Crippen LogP contribution in [0, 0.1) is 5.92 Å². The van der Waals surface area contributed by atoms with Gasteiger partial charge in [0.1, 0.15) is 11.9 Å². The van der Waals surface area contributed by atoms with Crippen LogP contribution in [0.3, 0.4) is 0 Å². The summed E-state index contributed by atoms with van der Waals surface area (Å²) in [4.78, 5) is 12.4. The summed E-state index contributed by atoms with van der Waals surface area (Å²) >= 11 is 0. The van der Waals surface area contributed by atoms with E-state index in [2.05, 4.69) is 21.5 Å². The Bertz CT molecular complexity index is 582. The molecule has 1 aromatic carbocycles. The van der Waals surface area contributed by atoms with E-state index in [1.807, 2.05) is 30.3 Å². The van der Waals surface area contributed by atoms with Gasteiger partial charge in [-0.3, -0.25) is 10.9 Å². The topological polar surface area (TPSA) is 74.4 Å². The number of hydrazine groups is 1. The summed E-state index contributed by atoms with van der Waals surface area (Å²) in [5.74, 6) is 1.50. The summed E-state index contributed by atoms with van der Waals surface area (Å²) in [5.41, 5.74) is 6.56. The van der Waals surface area contributed by atoms with Gasteiger partial charge in [-0.2, -0.15) is 0 Å². The molecule has 5 atom stereocenters. The van der Waals surface area contributed by atoms with E-state index in [0.29, 0.717) is 12.0 Å². The number of fused-ring (bicyclic) bond motifs is 1. The van der Waals surface area contributed by atoms with Gasteiger partial charge in [-0.15, -0.1) is 0 Å². The number of hydrogen-bond donors (Lipinski definition) is 4. The van der Waals surface area contributed by atoms with E-state index in [4.69, 9.17) is 4.74 Å². The van der Waals surface area contributed by atoms with Gasteiger partial charge in [-0.1, -0.05) is 18.2 Å². The predicted molar refractivity (Wildman–Crippen MR) is 96.2 cm³/mol. The Labute approximate surface area is 149 Å². The van der Waals surface area contributed by atoms with E-state index in [0.717, 1.165) is 50.8 Å². The number of rotatable bonds is 4. The van der Waals surface area contributed by atoms with Crippen molar-refractivity contribution in [1.82, 2.24) is 21.5 Å². The number of carbonyl (C=O) groups excluding carboxylic acids is 1. The Morgan fingerprint density at radius 2 is 1.96 bits per heavy atom. The molecule has 2 saturated carbocycles. The van der Waals surface area contributed by atoms with Gasteiger partial charge in [0.2, 0.25) is 0 Å². The van der Waals surface area contributed by atoms with Crippen LogP contribution in [0.1, 0.15) is 38.5 Å². The van der Waals surface area contributed by atoms with Crippen LogP contribution in [-0.2, 0) is 0 Å². The molecule has 1 aromatic rings. The summed E-state index contributed by atoms with van der Waals surface area (Å²) in [5, 5.41) is 6.33. The normalized spacial score (nSPS) is 34.3. The number of para-hydroxylation sites is 1. The molecule has 0 bridgehead atoms. The Balaban J connectivity index is 1.26. The van der Waals surface area contributed by atoms with Crippen LogP contribution < -0.4 is 26.2 Å². The zero-order chi connectivity index (χ0) is 17.1. The second kappa shape index (κ2) is 7.62. The third kappa shape index (κ3) is 4.07. The molecular formula is C19H28N4O2. The van der Waals surface area contributed by atoms with Crippen LogP contribution in [0.15, 0.2) is 30.3 Å². The first-order valence-electron chi connectivity index (χ1n) is 9.55. The van der Waals surface area contributed by atoms with Crippen molar-refractivity contribution >= 4 is 6.03 Å². The van der Waals surface area contributed by atoms with Crippen molar-refractivity contribution in [2.24, 2.45) is 5.92 Å². The molecule has 1 saturated heterocycles. The largest absolute Gasteiger partial charge is 0.488 e. The fourth-order valence-electron chi connectivity index (χ4n) is 4.43. The molecule has 136 valence electrons. The molecule has 2 amide bonds. The highest BCUT2D eigenvalue weighted by Crippen LogP contribution is 2.27. The molecule has 0 radical (unpaired) electrons. The number of benzene rings is 1. The Morgan fingerprint density at radius 3 is 2.84 bits per heavy atom. The maximum absolute atomic E-state index is 12.4. The molecule has 2 aliphatic carbocycles. The maximum Gasteiger partial charge on any atom is 0.315 e. The first kappa shape index (κ1) is 16.7. The molecular weight excluding hydrogens is 316 g/mol.